The van der Waals surface area contributed by atoms with Crippen LogP contribution in [0, 0.1) is 35.5 Å². The van der Waals surface area contributed by atoms with E-state index in [1.165, 1.54) is 77.0 Å². The Kier molecular flexibility index (Phi) is 9.28. The molecule has 7 aliphatic rings. The highest BCUT2D eigenvalue weighted by Gasteiger charge is 2.58. The largest absolute Gasteiger partial charge is 0.414 e. The Morgan fingerprint density at radius 1 is 0.796 bits per heavy atom. The van der Waals surface area contributed by atoms with Crippen molar-refractivity contribution in [1.29, 1.82) is 0 Å². The van der Waals surface area contributed by atoms with Gasteiger partial charge in [-0.1, -0.05) is 38.5 Å². The summed E-state index contributed by atoms with van der Waals surface area (Å²) >= 11 is 0. The Balaban J connectivity index is 1.13. The van der Waals surface area contributed by atoms with Crippen LogP contribution in [0.3, 0.4) is 0 Å². The molecule has 2 heterocycles. The summed E-state index contributed by atoms with van der Waals surface area (Å²) < 4.78 is 31.0. The summed E-state index contributed by atoms with van der Waals surface area (Å²) in [7, 11) is -6.43. The van der Waals surface area contributed by atoms with Gasteiger partial charge in [-0.05, 0) is 142 Å². The zero-order chi connectivity index (χ0) is 34.3. The molecule has 270 valence electrons. The van der Waals surface area contributed by atoms with Crippen molar-refractivity contribution in [3.63, 3.8) is 0 Å². The first-order chi connectivity index (χ1) is 23.3. The van der Waals surface area contributed by atoms with Gasteiger partial charge < -0.3 is 18.0 Å². The second-order valence-corrected chi connectivity index (χ2v) is 31.5. The Hall–Kier alpha value is -1.18. The molecule has 1 saturated heterocycles. The van der Waals surface area contributed by atoms with E-state index in [4.69, 9.17) is 18.0 Å². The molecular formula is C38H61N3O5Si3. The maximum absolute atomic E-state index is 13.7. The van der Waals surface area contributed by atoms with Crippen molar-refractivity contribution in [3.8, 4) is 0 Å². The lowest BCUT2D eigenvalue weighted by atomic mass is 10.0. The molecule has 12 unspecified atom stereocenters. The fourth-order valence-corrected chi connectivity index (χ4v) is 22.8. The summed E-state index contributed by atoms with van der Waals surface area (Å²) in [6.45, 7) is 18.7. The second-order valence-electron chi connectivity index (χ2n) is 18.9. The number of fused-ring (bicyclic) bond motifs is 6. The average molecular weight is 724 g/mol. The molecule has 0 amide bonds. The van der Waals surface area contributed by atoms with Crippen molar-refractivity contribution in [2.45, 2.75) is 157 Å². The predicted octanol–water partition coefficient (Wildman–Crippen LogP) is 8.60. The third-order valence-electron chi connectivity index (χ3n) is 15.0. The van der Waals surface area contributed by atoms with Crippen molar-refractivity contribution in [3.05, 3.63) is 29.3 Å². The van der Waals surface area contributed by atoms with Gasteiger partial charge in [0.25, 0.3) is 0 Å². The van der Waals surface area contributed by atoms with Gasteiger partial charge in [0.1, 0.15) is 18.3 Å². The topological polar surface area (TPSA) is 84.2 Å². The van der Waals surface area contributed by atoms with Gasteiger partial charge in [-0.2, -0.15) is 9.98 Å². The van der Waals surface area contributed by atoms with E-state index in [0.717, 1.165) is 35.5 Å². The second kappa shape index (κ2) is 13.0. The lowest BCUT2D eigenvalue weighted by molar-refractivity contribution is -0.0507. The van der Waals surface area contributed by atoms with Gasteiger partial charge in [0.15, 0.2) is 37.0 Å². The van der Waals surface area contributed by atoms with Gasteiger partial charge in [-0.15, -0.1) is 0 Å². The van der Waals surface area contributed by atoms with Crippen LogP contribution in [0.25, 0.3) is 0 Å². The maximum atomic E-state index is 13.7. The summed E-state index contributed by atoms with van der Waals surface area (Å²) in [6, 6.07) is 1.75. The van der Waals surface area contributed by atoms with Crippen molar-refractivity contribution >= 4 is 36.6 Å². The minimum Gasteiger partial charge on any atom is -0.414 e. The number of hydrogen-bond acceptors (Lipinski definition) is 7. The molecule has 7 fully saturated rings. The van der Waals surface area contributed by atoms with Gasteiger partial charge >= 0.3 is 5.69 Å². The number of nitrogens with zero attached hydrogens (tertiary/aromatic N) is 3. The molecule has 1 aromatic rings. The smallest absolute Gasteiger partial charge is 0.351 e. The van der Waals surface area contributed by atoms with Gasteiger partial charge in [0, 0.05) is 12.3 Å². The van der Waals surface area contributed by atoms with Gasteiger partial charge in [0.2, 0.25) is 0 Å². The van der Waals surface area contributed by atoms with Crippen LogP contribution in [0.4, 0.5) is 5.82 Å². The highest BCUT2D eigenvalue weighted by atomic mass is 28.4. The highest BCUT2D eigenvalue weighted by molar-refractivity contribution is 6.73. The lowest BCUT2D eigenvalue weighted by Gasteiger charge is -2.43. The summed E-state index contributed by atoms with van der Waals surface area (Å²) in [6.07, 6.45) is 16.4. The Bertz CT molecular complexity index is 1510. The highest BCUT2D eigenvalue weighted by Crippen LogP contribution is 2.59. The van der Waals surface area contributed by atoms with E-state index in [-0.39, 0.29) is 12.2 Å². The first-order valence-corrected chi connectivity index (χ1v) is 28.7. The summed E-state index contributed by atoms with van der Waals surface area (Å²) in [5, 5.41) is 0. The van der Waals surface area contributed by atoms with E-state index >= 15 is 0 Å². The number of hydrogen-bond donors (Lipinski definition) is 0. The van der Waals surface area contributed by atoms with E-state index in [1.807, 2.05) is 0 Å². The first kappa shape index (κ1) is 34.9. The van der Waals surface area contributed by atoms with Crippen LogP contribution in [-0.2, 0) is 18.0 Å². The third kappa shape index (κ3) is 6.55. The number of ether oxygens (including phenoxy) is 1. The quantitative estimate of drug-likeness (QED) is 0.159. The summed E-state index contributed by atoms with van der Waals surface area (Å²) in [5.41, 5.74) is 1.60. The molecule has 0 spiro atoms. The molecule has 0 aromatic carbocycles. The average Bonchev–Trinajstić information content (AvgIpc) is 3.92. The molecule has 8 rings (SSSR count). The molecule has 6 bridgehead atoms. The zero-order valence-corrected chi connectivity index (χ0v) is 33.9. The van der Waals surface area contributed by atoms with Crippen molar-refractivity contribution in [2.24, 2.45) is 40.5 Å². The van der Waals surface area contributed by atoms with E-state index < -0.39 is 43.0 Å². The standard InChI is InChI=1S/C38H61N3O5Si3/c1-8-39-34-15-16-41(38(42)40-34)37-36(46-49(6,7)33-22-26-11-14-29(33)19-26)35(45-48(4,5)32-21-25-10-13-28(32)18-25)30(44-37)23-43-47(2,3)31-20-24-9-12-27(31)17-24/h15-16,24-33,35-37H,1,9-14,17-23H2,2-7H3/t24?,25?,26?,27?,28?,29?,30-,31?,32?,33?,35?,36?,37?/m1/s1. The molecule has 1 aromatic heterocycles. The molecule has 6 saturated carbocycles. The zero-order valence-electron chi connectivity index (χ0n) is 30.9. The SMILES string of the molecule is C=C=Nc1ccn(C2O[C@H](CO[Si](C)(C)C3CC4CCC3C4)C(O[Si](C)(C)C3CC4CCC3C4)C2O[Si](C)(C)C2CC3CCC2C3)c(=O)n1. The molecule has 49 heavy (non-hydrogen) atoms. The summed E-state index contributed by atoms with van der Waals surface area (Å²) in [4.78, 5) is 22.0. The maximum Gasteiger partial charge on any atom is 0.351 e. The van der Waals surface area contributed by atoms with Crippen LogP contribution in [-0.4, -0.2) is 65.3 Å². The van der Waals surface area contributed by atoms with E-state index in [1.54, 1.807) is 16.8 Å². The Morgan fingerprint density at radius 2 is 1.31 bits per heavy atom. The Morgan fingerprint density at radius 3 is 1.76 bits per heavy atom. The normalized spacial score (nSPS) is 41.2. The molecule has 1 aliphatic heterocycles. The van der Waals surface area contributed by atoms with E-state index in [9.17, 15) is 4.79 Å². The molecular weight excluding hydrogens is 663 g/mol. The number of aliphatic imine (C=N–C) groups is 1. The summed E-state index contributed by atoms with van der Waals surface area (Å²) in [5.74, 6) is 7.80. The van der Waals surface area contributed by atoms with Crippen LogP contribution in [0.15, 0.2) is 28.6 Å². The van der Waals surface area contributed by atoms with Crippen LogP contribution in [0.2, 0.25) is 55.9 Å². The van der Waals surface area contributed by atoms with E-state index in [0.29, 0.717) is 29.0 Å². The predicted molar refractivity (Wildman–Crippen MR) is 201 cm³/mol. The number of rotatable bonds is 12. The van der Waals surface area contributed by atoms with Crippen LogP contribution >= 0.6 is 0 Å². The van der Waals surface area contributed by atoms with Crippen molar-refractivity contribution < 1.29 is 18.0 Å². The molecule has 11 heteroatoms. The fourth-order valence-electron chi connectivity index (χ4n) is 12.6. The molecule has 13 atom stereocenters. The van der Waals surface area contributed by atoms with Gasteiger partial charge in [0.05, 0.1) is 6.61 Å². The van der Waals surface area contributed by atoms with Gasteiger partial charge in [-0.25, -0.2) is 4.79 Å². The van der Waals surface area contributed by atoms with Crippen LogP contribution in [0.1, 0.15) is 83.3 Å². The lowest BCUT2D eigenvalue weighted by Crippen LogP contribution is -2.53. The minimum atomic E-state index is -2.24. The third-order valence-corrected chi connectivity index (χ3v) is 25.1. The van der Waals surface area contributed by atoms with E-state index in [2.05, 4.69) is 61.7 Å². The molecule has 6 aliphatic carbocycles. The number of aromatic nitrogens is 2. The van der Waals surface area contributed by atoms with Crippen molar-refractivity contribution in [2.75, 3.05) is 6.61 Å². The molecule has 0 radical (unpaired) electrons. The van der Waals surface area contributed by atoms with Gasteiger partial charge in [-0.3, -0.25) is 4.57 Å². The monoisotopic (exact) mass is 723 g/mol. The first-order valence-electron chi connectivity index (χ1n) is 19.8. The van der Waals surface area contributed by atoms with Crippen LogP contribution < -0.4 is 5.69 Å². The Labute approximate surface area is 297 Å². The fraction of sp³-hybridized carbons (Fsp3) is 0.842. The molecule has 0 N–H and O–H groups in total. The van der Waals surface area contributed by atoms with Crippen molar-refractivity contribution in [1.82, 2.24) is 9.55 Å². The molecule has 8 nitrogen and oxygen atoms in total. The minimum absolute atomic E-state index is 0.293. The van der Waals surface area contributed by atoms with Crippen LogP contribution in [0.5, 0.6) is 0 Å².